The van der Waals surface area contributed by atoms with Crippen LogP contribution in [-0.2, 0) is 0 Å². The van der Waals surface area contributed by atoms with Crippen LogP contribution >= 0.6 is 11.3 Å². The van der Waals surface area contributed by atoms with Crippen molar-refractivity contribution in [1.29, 1.82) is 0 Å². The summed E-state index contributed by atoms with van der Waals surface area (Å²) < 4.78 is 6.90. The van der Waals surface area contributed by atoms with E-state index in [0.29, 0.717) is 22.1 Å². The predicted octanol–water partition coefficient (Wildman–Crippen LogP) is 3.25. The van der Waals surface area contributed by atoms with E-state index < -0.39 is 0 Å². The maximum atomic E-state index is 12.7. The van der Waals surface area contributed by atoms with Crippen molar-refractivity contribution < 1.29 is 9.21 Å². The number of carbonyl (C=O) groups excluding carboxylic acids is 1. The van der Waals surface area contributed by atoms with Gasteiger partial charge in [0.05, 0.1) is 12.0 Å². The van der Waals surface area contributed by atoms with Crippen molar-refractivity contribution >= 4 is 22.9 Å². The molecule has 8 nitrogen and oxygen atoms in total. The Hall–Kier alpha value is -3.33. The molecule has 4 rings (SSSR count). The summed E-state index contributed by atoms with van der Waals surface area (Å²) in [7, 11) is 0. The number of nitrogens with zero attached hydrogens (tertiary/aromatic N) is 5. The highest BCUT2D eigenvalue weighted by Crippen LogP contribution is 2.28. The van der Waals surface area contributed by atoms with Gasteiger partial charge in [0.25, 0.3) is 5.91 Å². The van der Waals surface area contributed by atoms with Crippen molar-refractivity contribution in [3.8, 4) is 16.5 Å². The van der Waals surface area contributed by atoms with Crippen molar-refractivity contribution in [2.45, 2.75) is 13.8 Å². The molecule has 1 aromatic carbocycles. The number of amides is 1. The number of benzene rings is 1. The first-order valence-corrected chi connectivity index (χ1v) is 8.60. The number of nitrogens with one attached hydrogen (secondary N) is 1. The third kappa shape index (κ3) is 3.00. The molecule has 26 heavy (non-hydrogen) atoms. The number of rotatable bonds is 4. The average molecular weight is 366 g/mol. The Morgan fingerprint density at radius 1 is 1.27 bits per heavy atom. The minimum atomic E-state index is -0.275. The maximum Gasteiger partial charge on any atom is 0.275 e. The highest BCUT2D eigenvalue weighted by molar-refractivity contribution is 7.15. The lowest BCUT2D eigenvalue weighted by atomic mass is 10.2. The van der Waals surface area contributed by atoms with Gasteiger partial charge in [0.15, 0.2) is 10.8 Å². The standard InChI is InChI=1S/C17H14N6O2S/c1-10-5-6-12(8-13(10)23-9-18-21-22-23)19-16(24)15-11(2)26-17(20-15)14-4-3-7-25-14/h3-9H,1-2H3,(H,19,24). The van der Waals surface area contributed by atoms with Crippen LogP contribution in [0.5, 0.6) is 0 Å². The molecule has 3 heterocycles. The van der Waals surface area contributed by atoms with Gasteiger partial charge in [-0.25, -0.2) is 9.67 Å². The normalized spacial score (nSPS) is 10.8. The number of hydrogen-bond donors (Lipinski definition) is 1. The number of anilines is 1. The third-order valence-electron chi connectivity index (χ3n) is 3.81. The first-order valence-electron chi connectivity index (χ1n) is 7.78. The Labute approximate surface area is 152 Å². The molecule has 3 aromatic heterocycles. The third-order valence-corrected chi connectivity index (χ3v) is 4.79. The van der Waals surface area contributed by atoms with Crippen molar-refractivity contribution in [3.63, 3.8) is 0 Å². The summed E-state index contributed by atoms with van der Waals surface area (Å²) in [6.07, 6.45) is 3.09. The van der Waals surface area contributed by atoms with Crippen LogP contribution in [0.2, 0.25) is 0 Å². The van der Waals surface area contributed by atoms with Gasteiger partial charge in [-0.2, -0.15) is 0 Å². The lowest BCUT2D eigenvalue weighted by molar-refractivity contribution is 0.102. The molecule has 0 spiro atoms. The van der Waals surface area contributed by atoms with E-state index in [4.69, 9.17) is 4.42 Å². The van der Waals surface area contributed by atoms with Gasteiger partial charge in [-0.3, -0.25) is 4.79 Å². The molecule has 9 heteroatoms. The van der Waals surface area contributed by atoms with Crippen molar-refractivity contribution in [2.24, 2.45) is 0 Å². The molecule has 0 aliphatic heterocycles. The Morgan fingerprint density at radius 3 is 2.88 bits per heavy atom. The summed E-state index contributed by atoms with van der Waals surface area (Å²) in [6.45, 7) is 3.81. The first-order chi connectivity index (χ1) is 12.6. The van der Waals surface area contributed by atoms with Gasteiger partial charge < -0.3 is 9.73 Å². The van der Waals surface area contributed by atoms with E-state index in [0.717, 1.165) is 16.1 Å². The summed E-state index contributed by atoms with van der Waals surface area (Å²) in [4.78, 5) is 17.9. The highest BCUT2D eigenvalue weighted by atomic mass is 32.1. The molecule has 0 saturated heterocycles. The fourth-order valence-electron chi connectivity index (χ4n) is 2.51. The van der Waals surface area contributed by atoms with Gasteiger partial charge in [0.2, 0.25) is 0 Å². The molecule has 0 radical (unpaired) electrons. The molecule has 130 valence electrons. The van der Waals surface area contributed by atoms with Gasteiger partial charge in [-0.05, 0) is 54.1 Å². The summed E-state index contributed by atoms with van der Waals surface area (Å²) in [5, 5.41) is 14.7. The number of furan rings is 1. The van der Waals surface area contributed by atoms with E-state index in [1.807, 2.05) is 38.1 Å². The Kier molecular flexibility index (Phi) is 4.05. The molecule has 0 bridgehead atoms. The highest BCUT2D eigenvalue weighted by Gasteiger charge is 2.18. The summed E-state index contributed by atoms with van der Waals surface area (Å²) in [5.74, 6) is 0.372. The molecule has 1 amide bonds. The molecular formula is C17H14N6O2S. The molecule has 1 N–H and O–H groups in total. The summed E-state index contributed by atoms with van der Waals surface area (Å²) in [5.41, 5.74) is 2.79. The quantitative estimate of drug-likeness (QED) is 0.595. The predicted molar refractivity (Wildman–Crippen MR) is 96.4 cm³/mol. The van der Waals surface area contributed by atoms with Crippen LogP contribution in [0, 0.1) is 13.8 Å². The number of aromatic nitrogens is 5. The van der Waals surface area contributed by atoms with Gasteiger partial charge in [-0.1, -0.05) is 6.07 Å². The Bertz CT molecular complexity index is 1050. The fourth-order valence-corrected chi connectivity index (χ4v) is 3.39. The molecular weight excluding hydrogens is 352 g/mol. The van der Waals surface area contributed by atoms with Gasteiger partial charge in [0.1, 0.15) is 12.0 Å². The average Bonchev–Trinajstić information content (AvgIpc) is 3.37. The molecule has 0 fully saturated rings. The number of tetrazole rings is 1. The van der Waals surface area contributed by atoms with Gasteiger partial charge in [0, 0.05) is 10.6 Å². The van der Waals surface area contributed by atoms with Crippen LogP contribution < -0.4 is 5.32 Å². The van der Waals surface area contributed by atoms with Crippen molar-refractivity contribution in [2.75, 3.05) is 5.32 Å². The van der Waals surface area contributed by atoms with Gasteiger partial charge in [-0.15, -0.1) is 16.4 Å². The van der Waals surface area contributed by atoms with E-state index >= 15 is 0 Å². The Balaban J connectivity index is 1.60. The molecule has 0 saturated carbocycles. The smallest absolute Gasteiger partial charge is 0.275 e. The van der Waals surface area contributed by atoms with E-state index in [9.17, 15) is 4.79 Å². The van der Waals surface area contributed by atoms with E-state index in [-0.39, 0.29) is 5.91 Å². The number of carbonyl (C=O) groups is 1. The lowest BCUT2D eigenvalue weighted by Gasteiger charge is -2.09. The van der Waals surface area contributed by atoms with Crippen molar-refractivity contribution in [3.05, 3.63) is 59.1 Å². The summed E-state index contributed by atoms with van der Waals surface area (Å²) in [6, 6.07) is 9.15. The van der Waals surface area contributed by atoms with E-state index in [1.165, 1.54) is 17.7 Å². The second-order valence-corrected chi connectivity index (χ2v) is 6.81. The van der Waals surface area contributed by atoms with Crippen LogP contribution in [-0.4, -0.2) is 31.1 Å². The van der Waals surface area contributed by atoms with Crippen LogP contribution in [0.3, 0.4) is 0 Å². The zero-order valence-electron chi connectivity index (χ0n) is 14.0. The van der Waals surface area contributed by atoms with Crippen molar-refractivity contribution in [1.82, 2.24) is 25.2 Å². The zero-order chi connectivity index (χ0) is 18.1. The lowest BCUT2D eigenvalue weighted by Crippen LogP contribution is -2.14. The van der Waals surface area contributed by atoms with Crippen LogP contribution in [0.4, 0.5) is 5.69 Å². The molecule has 4 aromatic rings. The first kappa shape index (κ1) is 16.2. The SMILES string of the molecule is Cc1ccc(NC(=O)c2nc(-c3ccco3)sc2C)cc1-n1cnnn1. The second kappa shape index (κ2) is 6.52. The molecule has 0 aliphatic carbocycles. The minimum Gasteiger partial charge on any atom is -0.462 e. The molecule has 0 unspecified atom stereocenters. The second-order valence-electron chi connectivity index (χ2n) is 5.61. The van der Waals surface area contributed by atoms with Gasteiger partial charge >= 0.3 is 0 Å². The van der Waals surface area contributed by atoms with Crippen LogP contribution in [0.25, 0.3) is 16.5 Å². The Morgan fingerprint density at radius 2 is 2.15 bits per heavy atom. The number of thiazole rings is 1. The number of hydrogen-bond acceptors (Lipinski definition) is 7. The topological polar surface area (TPSA) is 98.7 Å². The van der Waals surface area contributed by atoms with Crippen LogP contribution in [0.1, 0.15) is 20.9 Å². The largest absolute Gasteiger partial charge is 0.462 e. The fraction of sp³-hybridized carbons (Fsp3) is 0.118. The zero-order valence-corrected chi connectivity index (χ0v) is 14.8. The number of aryl methyl sites for hydroxylation is 2. The van der Waals surface area contributed by atoms with E-state index in [1.54, 1.807) is 17.0 Å². The van der Waals surface area contributed by atoms with Crippen LogP contribution in [0.15, 0.2) is 47.3 Å². The monoisotopic (exact) mass is 366 g/mol. The van der Waals surface area contributed by atoms with E-state index in [2.05, 4.69) is 25.8 Å². The maximum absolute atomic E-state index is 12.7. The minimum absolute atomic E-state index is 0.275. The summed E-state index contributed by atoms with van der Waals surface area (Å²) >= 11 is 1.42. The molecule has 0 aliphatic rings. The molecule has 0 atom stereocenters.